The van der Waals surface area contributed by atoms with Gasteiger partial charge in [0.25, 0.3) is 10.0 Å². The molecule has 4 rings (SSSR count). The monoisotopic (exact) mass is 505 g/mol. The molecule has 2 amide bonds. The fraction of sp³-hybridized carbons (Fsp3) is 0.179. The number of benzene rings is 4. The molecule has 0 fully saturated rings. The number of halogens is 1. The number of hydrogen-bond acceptors (Lipinski definition) is 3. The molecule has 2 N–H and O–H groups in total. The summed E-state index contributed by atoms with van der Waals surface area (Å²) in [4.78, 5) is 12.6. The van der Waals surface area contributed by atoms with E-state index in [2.05, 4.69) is 10.6 Å². The molecular weight excluding hydrogens is 477 g/mol. The average Bonchev–Trinajstić information content (AvgIpc) is 2.86. The lowest BCUT2D eigenvalue weighted by molar-refractivity contribution is 0.252. The van der Waals surface area contributed by atoms with Crippen LogP contribution >= 0.6 is 0 Å². The van der Waals surface area contributed by atoms with E-state index in [-0.39, 0.29) is 24.0 Å². The van der Waals surface area contributed by atoms with Crippen LogP contribution in [0.5, 0.6) is 0 Å². The molecule has 0 spiro atoms. The smallest absolute Gasteiger partial charge is 0.319 e. The van der Waals surface area contributed by atoms with Crippen LogP contribution in [0.3, 0.4) is 0 Å². The Bertz CT molecular complexity index is 1470. The SMILES string of the molecule is Cc1cccc(C)c1NC(=O)NCCCN(c1ccc(F)cc1)S(=O)(=O)c1ccc2ccccc2c1. The second-order valence-corrected chi connectivity index (χ2v) is 10.4. The maximum Gasteiger partial charge on any atom is 0.319 e. The first-order chi connectivity index (χ1) is 17.3. The maximum absolute atomic E-state index is 13.6. The van der Waals surface area contributed by atoms with Crippen molar-refractivity contribution in [2.24, 2.45) is 0 Å². The highest BCUT2D eigenvalue weighted by Crippen LogP contribution is 2.27. The molecule has 0 aliphatic heterocycles. The molecular formula is C28H28FN3O3S. The third-order valence-electron chi connectivity index (χ3n) is 5.97. The molecule has 0 aliphatic carbocycles. The van der Waals surface area contributed by atoms with Crippen LogP contribution in [0.2, 0.25) is 0 Å². The average molecular weight is 506 g/mol. The molecule has 0 radical (unpaired) electrons. The first-order valence-corrected chi connectivity index (χ1v) is 13.1. The van der Waals surface area contributed by atoms with Gasteiger partial charge in [-0.15, -0.1) is 0 Å². The summed E-state index contributed by atoms with van der Waals surface area (Å²) in [7, 11) is -3.94. The number of hydrogen-bond donors (Lipinski definition) is 2. The van der Waals surface area contributed by atoms with E-state index < -0.39 is 15.8 Å². The summed E-state index contributed by atoms with van der Waals surface area (Å²) >= 11 is 0. The van der Waals surface area contributed by atoms with Gasteiger partial charge in [0.1, 0.15) is 5.82 Å². The summed E-state index contributed by atoms with van der Waals surface area (Å²) < 4.78 is 42.1. The summed E-state index contributed by atoms with van der Waals surface area (Å²) in [5.41, 5.74) is 3.01. The predicted octanol–water partition coefficient (Wildman–Crippen LogP) is 6.00. The molecule has 0 unspecified atom stereocenters. The zero-order valence-corrected chi connectivity index (χ0v) is 21.0. The van der Waals surface area contributed by atoms with Gasteiger partial charge in [-0.05, 0) is 78.6 Å². The number of urea groups is 1. The molecule has 0 aliphatic rings. The minimum Gasteiger partial charge on any atom is -0.338 e. The minimum absolute atomic E-state index is 0.102. The number of fused-ring (bicyclic) bond motifs is 1. The Balaban J connectivity index is 1.49. The molecule has 4 aromatic rings. The van der Waals surface area contributed by atoms with Gasteiger partial charge >= 0.3 is 6.03 Å². The highest BCUT2D eigenvalue weighted by molar-refractivity contribution is 7.92. The summed E-state index contributed by atoms with van der Waals surface area (Å²) in [6.45, 7) is 4.19. The number of amides is 2. The third-order valence-corrected chi connectivity index (χ3v) is 7.79. The van der Waals surface area contributed by atoms with Crippen molar-refractivity contribution in [3.63, 3.8) is 0 Å². The Hall–Kier alpha value is -3.91. The standard InChI is InChI=1S/C28H28FN3O3S/c1-20-7-5-8-21(2)27(20)31-28(33)30-17-6-18-32(25-14-12-24(29)13-15-25)36(34,35)26-16-11-22-9-3-4-10-23(22)19-26/h3-5,7-16,19H,6,17-18H2,1-2H3,(H2,30,31,33). The number of aryl methyl sites for hydroxylation is 2. The predicted molar refractivity (Wildman–Crippen MR) is 142 cm³/mol. The molecule has 186 valence electrons. The fourth-order valence-corrected chi connectivity index (χ4v) is 5.58. The number of carbonyl (C=O) groups excluding carboxylic acids is 1. The Morgan fingerprint density at radius 3 is 2.22 bits per heavy atom. The zero-order valence-electron chi connectivity index (χ0n) is 20.2. The van der Waals surface area contributed by atoms with Gasteiger partial charge in [0.15, 0.2) is 0 Å². The molecule has 0 saturated heterocycles. The van der Waals surface area contributed by atoms with E-state index in [9.17, 15) is 17.6 Å². The normalized spacial score (nSPS) is 11.3. The molecule has 0 aromatic heterocycles. The van der Waals surface area contributed by atoms with Crippen molar-refractivity contribution in [1.29, 1.82) is 0 Å². The second-order valence-electron chi connectivity index (χ2n) is 8.56. The van der Waals surface area contributed by atoms with E-state index in [1.165, 1.54) is 28.6 Å². The third kappa shape index (κ3) is 5.66. The second kappa shape index (κ2) is 10.8. The number of nitrogens with one attached hydrogen (secondary N) is 2. The van der Waals surface area contributed by atoms with Crippen LogP contribution in [0.25, 0.3) is 10.8 Å². The van der Waals surface area contributed by atoms with Gasteiger partial charge in [0.2, 0.25) is 0 Å². The summed E-state index contributed by atoms with van der Waals surface area (Å²) in [5, 5.41) is 7.38. The van der Waals surface area contributed by atoms with Crippen LogP contribution in [0, 0.1) is 19.7 Å². The van der Waals surface area contributed by atoms with E-state index in [0.29, 0.717) is 12.1 Å². The highest BCUT2D eigenvalue weighted by Gasteiger charge is 2.25. The molecule has 8 heteroatoms. The maximum atomic E-state index is 13.6. The minimum atomic E-state index is -3.94. The number of nitrogens with zero attached hydrogens (tertiary/aromatic N) is 1. The molecule has 0 heterocycles. The van der Waals surface area contributed by atoms with Gasteiger partial charge in [0.05, 0.1) is 10.6 Å². The zero-order chi connectivity index (χ0) is 25.7. The van der Waals surface area contributed by atoms with Crippen molar-refractivity contribution < 1.29 is 17.6 Å². The summed E-state index contributed by atoms with van der Waals surface area (Å²) in [5.74, 6) is -0.452. The van der Waals surface area contributed by atoms with E-state index in [1.54, 1.807) is 18.2 Å². The Labute approximate surface area is 210 Å². The van der Waals surface area contributed by atoms with Crippen LogP contribution in [-0.2, 0) is 10.0 Å². The van der Waals surface area contributed by atoms with Crippen LogP contribution in [0.4, 0.5) is 20.6 Å². The van der Waals surface area contributed by atoms with Crippen molar-refractivity contribution in [3.8, 4) is 0 Å². The largest absolute Gasteiger partial charge is 0.338 e. The highest BCUT2D eigenvalue weighted by atomic mass is 32.2. The first-order valence-electron chi connectivity index (χ1n) is 11.6. The van der Waals surface area contributed by atoms with Crippen molar-refractivity contribution in [2.75, 3.05) is 22.7 Å². The number of rotatable bonds is 8. The molecule has 0 atom stereocenters. The topological polar surface area (TPSA) is 78.5 Å². The lowest BCUT2D eigenvalue weighted by Crippen LogP contribution is -2.35. The van der Waals surface area contributed by atoms with Crippen LogP contribution < -0.4 is 14.9 Å². The lowest BCUT2D eigenvalue weighted by Gasteiger charge is -2.25. The van der Waals surface area contributed by atoms with E-state index >= 15 is 0 Å². The Morgan fingerprint density at radius 1 is 0.861 bits per heavy atom. The lowest BCUT2D eigenvalue weighted by atomic mass is 10.1. The number of carbonyl (C=O) groups is 1. The van der Waals surface area contributed by atoms with Crippen molar-refractivity contribution in [2.45, 2.75) is 25.2 Å². The van der Waals surface area contributed by atoms with Gasteiger partial charge < -0.3 is 10.6 Å². The summed E-state index contributed by atoms with van der Waals surface area (Å²) in [6.07, 6.45) is 0.352. The number of anilines is 2. The van der Waals surface area contributed by atoms with Crippen LogP contribution in [-0.4, -0.2) is 27.5 Å². The molecule has 0 bridgehead atoms. The molecule has 0 saturated carbocycles. The summed E-state index contributed by atoms with van der Waals surface area (Å²) in [6, 6.07) is 23.2. The van der Waals surface area contributed by atoms with Crippen molar-refractivity contribution in [1.82, 2.24) is 5.32 Å². The van der Waals surface area contributed by atoms with Gasteiger partial charge in [-0.1, -0.05) is 48.5 Å². The quantitative estimate of drug-likeness (QED) is 0.288. The van der Waals surface area contributed by atoms with Gasteiger partial charge in [-0.2, -0.15) is 0 Å². The number of sulfonamides is 1. The van der Waals surface area contributed by atoms with Crippen molar-refractivity contribution >= 4 is 38.2 Å². The van der Waals surface area contributed by atoms with Gasteiger partial charge in [-0.25, -0.2) is 17.6 Å². The van der Waals surface area contributed by atoms with Gasteiger partial charge in [0, 0.05) is 18.8 Å². The molecule has 6 nitrogen and oxygen atoms in total. The van der Waals surface area contributed by atoms with E-state index in [4.69, 9.17) is 0 Å². The van der Waals surface area contributed by atoms with E-state index in [1.807, 2.05) is 56.3 Å². The Kier molecular flexibility index (Phi) is 7.55. The number of para-hydroxylation sites is 1. The van der Waals surface area contributed by atoms with E-state index in [0.717, 1.165) is 27.6 Å². The Morgan fingerprint density at radius 2 is 1.53 bits per heavy atom. The molecule has 4 aromatic carbocycles. The van der Waals surface area contributed by atoms with Gasteiger partial charge in [-0.3, -0.25) is 4.31 Å². The first kappa shape index (κ1) is 25.2. The van der Waals surface area contributed by atoms with Crippen LogP contribution in [0.15, 0.2) is 89.8 Å². The fourth-order valence-electron chi connectivity index (χ4n) is 4.04. The van der Waals surface area contributed by atoms with Crippen molar-refractivity contribution in [3.05, 3.63) is 102 Å². The molecule has 36 heavy (non-hydrogen) atoms. The van der Waals surface area contributed by atoms with Crippen LogP contribution in [0.1, 0.15) is 17.5 Å².